The number of hydrogen-bond donors (Lipinski definition) is 0. The number of ether oxygens (including phenoxy) is 2. The van der Waals surface area contributed by atoms with Gasteiger partial charge < -0.3 is 9.47 Å². The monoisotopic (exact) mass is 348 g/mol. The molecule has 0 radical (unpaired) electrons. The van der Waals surface area contributed by atoms with E-state index >= 15 is 0 Å². The van der Waals surface area contributed by atoms with E-state index in [-0.39, 0.29) is 16.8 Å². The summed E-state index contributed by atoms with van der Waals surface area (Å²) in [5, 5.41) is 0. The molecule has 1 unspecified atom stereocenters. The highest BCUT2D eigenvalue weighted by Crippen LogP contribution is 2.36. The molecular weight excluding hydrogens is 312 g/mol. The summed E-state index contributed by atoms with van der Waals surface area (Å²) < 4.78 is 11.4. The highest BCUT2D eigenvalue weighted by atomic mass is 16.6. The van der Waals surface area contributed by atoms with E-state index in [2.05, 4.69) is 60.6 Å². The van der Waals surface area contributed by atoms with Crippen LogP contribution in [0, 0.1) is 0 Å². The Labute approximate surface area is 154 Å². The van der Waals surface area contributed by atoms with Crippen LogP contribution < -0.4 is 4.74 Å². The topological polar surface area (TPSA) is 35.5 Å². The Morgan fingerprint density at radius 1 is 1.04 bits per heavy atom. The molecule has 0 fully saturated rings. The Morgan fingerprint density at radius 2 is 1.68 bits per heavy atom. The molecule has 1 atom stereocenters. The molecule has 1 aromatic rings. The molecule has 1 aromatic carbocycles. The van der Waals surface area contributed by atoms with Gasteiger partial charge in [-0.25, -0.2) is 4.79 Å². The first-order valence-electron chi connectivity index (χ1n) is 9.49. The molecule has 0 amide bonds. The van der Waals surface area contributed by atoms with Gasteiger partial charge in [-0.05, 0) is 47.8 Å². The highest BCUT2D eigenvalue weighted by Gasteiger charge is 2.27. The van der Waals surface area contributed by atoms with Crippen molar-refractivity contribution in [3.8, 4) is 5.75 Å². The zero-order chi connectivity index (χ0) is 19.3. The second-order valence-electron chi connectivity index (χ2n) is 8.71. The molecular formula is C22H36O3. The molecule has 0 aliphatic heterocycles. The molecule has 0 aliphatic carbocycles. The van der Waals surface area contributed by atoms with Gasteiger partial charge in [-0.15, -0.1) is 0 Å². The van der Waals surface area contributed by atoms with E-state index in [0.717, 1.165) is 24.2 Å². The molecule has 142 valence electrons. The summed E-state index contributed by atoms with van der Waals surface area (Å²) in [5.41, 5.74) is 2.40. The van der Waals surface area contributed by atoms with Crippen molar-refractivity contribution in [2.75, 3.05) is 6.61 Å². The second-order valence-corrected chi connectivity index (χ2v) is 8.71. The lowest BCUT2D eigenvalue weighted by Crippen LogP contribution is -2.30. The molecule has 0 saturated heterocycles. The van der Waals surface area contributed by atoms with Crippen LogP contribution >= 0.6 is 0 Å². The van der Waals surface area contributed by atoms with Crippen molar-refractivity contribution in [1.29, 1.82) is 0 Å². The van der Waals surface area contributed by atoms with E-state index in [1.807, 2.05) is 13.0 Å². The van der Waals surface area contributed by atoms with Gasteiger partial charge in [-0.1, -0.05) is 67.0 Å². The molecule has 0 N–H and O–H groups in total. The Balaban J connectivity index is 3.22. The van der Waals surface area contributed by atoms with Crippen LogP contribution in [0.4, 0.5) is 0 Å². The lowest BCUT2D eigenvalue weighted by atomic mass is 9.80. The van der Waals surface area contributed by atoms with Crippen molar-refractivity contribution in [3.63, 3.8) is 0 Å². The van der Waals surface area contributed by atoms with E-state index < -0.39 is 6.10 Å². The Kier molecular flexibility index (Phi) is 7.52. The minimum atomic E-state index is -0.540. The van der Waals surface area contributed by atoms with Crippen molar-refractivity contribution in [3.05, 3.63) is 29.3 Å². The van der Waals surface area contributed by atoms with Gasteiger partial charge in [-0.2, -0.15) is 0 Å². The molecule has 3 nitrogen and oxygen atoms in total. The molecule has 0 saturated carbocycles. The molecule has 25 heavy (non-hydrogen) atoms. The van der Waals surface area contributed by atoms with Crippen molar-refractivity contribution >= 4 is 5.97 Å². The summed E-state index contributed by atoms with van der Waals surface area (Å²) in [6.07, 6.45) is 2.10. The summed E-state index contributed by atoms with van der Waals surface area (Å²) in [6, 6.07) is 6.34. The number of hydrogen-bond acceptors (Lipinski definition) is 3. The molecule has 0 aromatic heterocycles. The van der Waals surface area contributed by atoms with Gasteiger partial charge in [0.15, 0.2) is 6.10 Å². The van der Waals surface area contributed by atoms with Crippen LogP contribution in [0.5, 0.6) is 5.75 Å². The van der Waals surface area contributed by atoms with Gasteiger partial charge in [0.2, 0.25) is 0 Å². The van der Waals surface area contributed by atoms with Crippen molar-refractivity contribution in [2.45, 2.75) is 91.6 Å². The fourth-order valence-corrected chi connectivity index (χ4v) is 2.69. The number of unbranched alkanes of at least 4 members (excludes halogenated alkanes) is 1. The predicted octanol–water partition coefficient (Wildman–Crippen LogP) is 5.78. The molecule has 3 heteroatoms. The third-order valence-corrected chi connectivity index (χ3v) is 4.29. The third kappa shape index (κ3) is 6.37. The van der Waals surface area contributed by atoms with Gasteiger partial charge in [0, 0.05) is 0 Å². The van der Waals surface area contributed by atoms with Crippen LogP contribution in [0.1, 0.15) is 85.8 Å². The van der Waals surface area contributed by atoms with Crippen molar-refractivity contribution in [1.82, 2.24) is 0 Å². The first kappa shape index (κ1) is 21.5. The first-order chi connectivity index (χ1) is 11.5. The smallest absolute Gasteiger partial charge is 0.347 e. The van der Waals surface area contributed by atoms with E-state index in [9.17, 15) is 4.79 Å². The number of esters is 1. The minimum Gasteiger partial charge on any atom is -0.478 e. The van der Waals surface area contributed by atoms with Crippen LogP contribution in [0.2, 0.25) is 0 Å². The zero-order valence-corrected chi connectivity index (χ0v) is 17.4. The van der Waals surface area contributed by atoms with Gasteiger partial charge in [0.05, 0.1) is 6.61 Å². The van der Waals surface area contributed by atoms with Crippen LogP contribution in [-0.4, -0.2) is 18.7 Å². The molecule has 0 bridgehead atoms. The standard InChI is InChI=1S/C22H36O3/c1-9-11-12-19(20(23)24-10-2)25-18-14-13-16(21(3,4)5)15-17(18)22(6,7)8/h13-15,19H,9-12H2,1-8H3. The normalized spacial score (nSPS) is 13.4. The van der Waals surface area contributed by atoms with Crippen LogP contribution in [0.15, 0.2) is 18.2 Å². The van der Waals surface area contributed by atoms with Gasteiger partial charge in [-0.3, -0.25) is 0 Å². The third-order valence-electron chi connectivity index (χ3n) is 4.29. The second kappa shape index (κ2) is 8.73. The summed E-state index contributed by atoms with van der Waals surface area (Å²) in [5.74, 6) is 0.519. The minimum absolute atomic E-state index is 0.0689. The van der Waals surface area contributed by atoms with Crippen LogP contribution in [0.3, 0.4) is 0 Å². The highest BCUT2D eigenvalue weighted by molar-refractivity contribution is 5.75. The molecule has 0 spiro atoms. The van der Waals surface area contributed by atoms with Gasteiger partial charge in [0.25, 0.3) is 0 Å². The summed E-state index contributed by atoms with van der Waals surface area (Å²) in [7, 11) is 0. The average molecular weight is 349 g/mol. The number of carbonyl (C=O) groups excluding carboxylic acids is 1. The van der Waals surface area contributed by atoms with Crippen LogP contribution in [-0.2, 0) is 20.4 Å². The van der Waals surface area contributed by atoms with Gasteiger partial charge >= 0.3 is 5.97 Å². The fourth-order valence-electron chi connectivity index (χ4n) is 2.69. The Bertz CT molecular complexity index is 562. The van der Waals surface area contributed by atoms with Crippen molar-refractivity contribution in [2.24, 2.45) is 0 Å². The molecule has 0 heterocycles. The maximum absolute atomic E-state index is 12.3. The maximum Gasteiger partial charge on any atom is 0.347 e. The number of rotatable bonds is 7. The van der Waals surface area contributed by atoms with Crippen molar-refractivity contribution < 1.29 is 14.3 Å². The van der Waals surface area contributed by atoms with E-state index in [4.69, 9.17) is 9.47 Å². The van der Waals surface area contributed by atoms with Gasteiger partial charge in [0.1, 0.15) is 5.75 Å². The Hall–Kier alpha value is -1.51. The molecule has 1 rings (SSSR count). The van der Waals surface area contributed by atoms with Crippen LogP contribution in [0.25, 0.3) is 0 Å². The lowest BCUT2D eigenvalue weighted by Gasteiger charge is -2.28. The zero-order valence-electron chi connectivity index (χ0n) is 17.4. The first-order valence-corrected chi connectivity index (χ1v) is 9.49. The van der Waals surface area contributed by atoms with E-state index in [0.29, 0.717) is 13.0 Å². The van der Waals surface area contributed by atoms with E-state index in [1.54, 1.807) is 0 Å². The Morgan fingerprint density at radius 3 is 2.16 bits per heavy atom. The lowest BCUT2D eigenvalue weighted by molar-refractivity contribution is -0.151. The van der Waals surface area contributed by atoms with E-state index in [1.165, 1.54) is 5.56 Å². The summed E-state index contributed by atoms with van der Waals surface area (Å²) in [6.45, 7) is 17.5. The number of benzene rings is 1. The molecule has 0 aliphatic rings. The summed E-state index contributed by atoms with van der Waals surface area (Å²) in [4.78, 5) is 12.3. The number of carbonyl (C=O) groups is 1. The fraction of sp³-hybridized carbons (Fsp3) is 0.682. The quantitative estimate of drug-likeness (QED) is 0.586. The SMILES string of the molecule is CCCCC(Oc1ccc(C(C)(C)C)cc1C(C)(C)C)C(=O)OCC. The average Bonchev–Trinajstić information content (AvgIpc) is 2.49. The maximum atomic E-state index is 12.3. The summed E-state index contributed by atoms with van der Waals surface area (Å²) >= 11 is 0. The predicted molar refractivity (Wildman–Crippen MR) is 104 cm³/mol. The largest absolute Gasteiger partial charge is 0.478 e.